The SMILES string of the molecule is CC(C)(C)[Si](OC1CC(c2ccc(C3COC3)cc2)C1)(c1ccccc1)c1ccccc1. The van der Waals surface area contributed by atoms with Crippen molar-refractivity contribution in [3.8, 4) is 0 Å². The van der Waals surface area contributed by atoms with E-state index in [0.717, 1.165) is 26.1 Å². The van der Waals surface area contributed by atoms with E-state index < -0.39 is 8.32 Å². The second kappa shape index (κ2) is 8.62. The highest BCUT2D eigenvalue weighted by molar-refractivity contribution is 6.99. The van der Waals surface area contributed by atoms with Gasteiger partial charge in [0, 0.05) is 12.0 Å². The van der Waals surface area contributed by atoms with Gasteiger partial charge in [-0.1, -0.05) is 106 Å². The topological polar surface area (TPSA) is 18.5 Å². The average Bonchev–Trinajstić information content (AvgIpc) is 2.73. The first-order chi connectivity index (χ1) is 15.5. The number of hydrogen-bond acceptors (Lipinski definition) is 2. The van der Waals surface area contributed by atoms with Gasteiger partial charge in [-0.25, -0.2) is 0 Å². The summed E-state index contributed by atoms with van der Waals surface area (Å²) >= 11 is 0. The molecule has 2 fully saturated rings. The molecule has 3 heteroatoms. The van der Waals surface area contributed by atoms with Crippen molar-refractivity contribution in [3.63, 3.8) is 0 Å². The van der Waals surface area contributed by atoms with Gasteiger partial charge in [0.2, 0.25) is 0 Å². The molecule has 2 nitrogen and oxygen atoms in total. The van der Waals surface area contributed by atoms with E-state index >= 15 is 0 Å². The lowest BCUT2D eigenvalue weighted by molar-refractivity contribution is 0.00840. The van der Waals surface area contributed by atoms with Gasteiger partial charge >= 0.3 is 0 Å². The van der Waals surface area contributed by atoms with Crippen LogP contribution in [0.15, 0.2) is 84.9 Å². The molecule has 0 spiro atoms. The third-order valence-corrected chi connectivity index (χ3v) is 12.5. The lowest BCUT2D eigenvalue weighted by Crippen LogP contribution is -2.68. The molecule has 32 heavy (non-hydrogen) atoms. The van der Waals surface area contributed by atoms with Crippen molar-refractivity contribution in [3.05, 3.63) is 96.1 Å². The molecule has 3 aromatic carbocycles. The Bertz CT molecular complexity index is 975. The van der Waals surface area contributed by atoms with Crippen LogP contribution in [0, 0.1) is 0 Å². The van der Waals surface area contributed by atoms with E-state index in [1.165, 1.54) is 21.5 Å². The minimum Gasteiger partial charge on any atom is -0.404 e. The molecule has 0 unspecified atom stereocenters. The van der Waals surface area contributed by atoms with Gasteiger partial charge in [0.05, 0.1) is 13.2 Å². The third-order valence-electron chi connectivity index (χ3n) is 7.37. The van der Waals surface area contributed by atoms with E-state index in [4.69, 9.17) is 9.16 Å². The highest BCUT2D eigenvalue weighted by Crippen LogP contribution is 2.44. The zero-order valence-electron chi connectivity index (χ0n) is 19.5. The molecule has 1 saturated carbocycles. The molecule has 0 radical (unpaired) electrons. The Morgan fingerprint density at radius 3 is 1.56 bits per heavy atom. The van der Waals surface area contributed by atoms with Crippen molar-refractivity contribution in [1.82, 2.24) is 0 Å². The first kappa shape index (κ1) is 21.6. The molecule has 1 heterocycles. The summed E-state index contributed by atoms with van der Waals surface area (Å²) in [5.74, 6) is 1.20. The van der Waals surface area contributed by atoms with Crippen LogP contribution in [0.4, 0.5) is 0 Å². The fraction of sp³-hybridized carbons (Fsp3) is 0.379. The second-order valence-electron chi connectivity index (χ2n) is 10.5. The summed E-state index contributed by atoms with van der Waals surface area (Å²) in [6, 6.07) is 31.2. The van der Waals surface area contributed by atoms with Crippen LogP contribution < -0.4 is 10.4 Å². The van der Waals surface area contributed by atoms with Crippen LogP contribution in [0.25, 0.3) is 0 Å². The van der Waals surface area contributed by atoms with Crippen molar-refractivity contribution in [2.45, 2.75) is 56.6 Å². The van der Waals surface area contributed by atoms with Gasteiger partial charge in [0.1, 0.15) is 0 Å². The zero-order valence-corrected chi connectivity index (χ0v) is 20.5. The minimum absolute atomic E-state index is 0.0350. The highest BCUT2D eigenvalue weighted by atomic mass is 28.4. The molecule has 0 aromatic heterocycles. The number of benzene rings is 3. The van der Waals surface area contributed by atoms with Crippen LogP contribution in [0.5, 0.6) is 0 Å². The monoisotopic (exact) mass is 442 g/mol. The smallest absolute Gasteiger partial charge is 0.261 e. The quantitative estimate of drug-likeness (QED) is 0.461. The summed E-state index contributed by atoms with van der Waals surface area (Å²) in [4.78, 5) is 0. The lowest BCUT2D eigenvalue weighted by Gasteiger charge is -2.48. The van der Waals surface area contributed by atoms with Crippen LogP contribution in [0.1, 0.15) is 56.6 Å². The van der Waals surface area contributed by atoms with Crippen molar-refractivity contribution < 1.29 is 9.16 Å². The lowest BCUT2D eigenvalue weighted by atomic mass is 9.77. The first-order valence-corrected chi connectivity index (χ1v) is 13.8. The molecule has 1 aliphatic heterocycles. The Morgan fingerprint density at radius 2 is 1.16 bits per heavy atom. The van der Waals surface area contributed by atoms with Gasteiger partial charge in [0.15, 0.2) is 0 Å². The predicted molar refractivity (Wildman–Crippen MR) is 134 cm³/mol. The maximum Gasteiger partial charge on any atom is 0.261 e. The maximum atomic E-state index is 7.27. The van der Waals surface area contributed by atoms with Crippen LogP contribution in [0.3, 0.4) is 0 Å². The average molecular weight is 443 g/mol. The molecule has 1 aliphatic carbocycles. The maximum absolute atomic E-state index is 7.27. The van der Waals surface area contributed by atoms with E-state index in [0.29, 0.717) is 17.9 Å². The van der Waals surface area contributed by atoms with Gasteiger partial charge in [0.25, 0.3) is 8.32 Å². The van der Waals surface area contributed by atoms with Crippen LogP contribution in [0.2, 0.25) is 5.04 Å². The normalized spacial score (nSPS) is 21.6. The van der Waals surface area contributed by atoms with E-state index in [9.17, 15) is 0 Å². The summed E-state index contributed by atoms with van der Waals surface area (Å²) in [5, 5.41) is 2.77. The molecule has 0 bridgehead atoms. The Balaban J connectivity index is 1.38. The fourth-order valence-corrected chi connectivity index (χ4v) is 10.1. The molecule has 5 rings (SSSR count). The zero-order chi connectivity index (χ0) is 22.2. The Morgan fingerprint density at radius 1 is 0.688 bits per heavy atom. The first-order valence-electron chi connectivity index (χ1n) is 11.9. The van der Waals surface area contributed by atoms with E-state index in [1.807, 2.05) is 0 Å². The van der Waals surface area contributed by atoms with E-state index in [-0.39, 0.29) is 5.04 Å². The molecule has 3 aromatic rings. The van der Waals surface area contributed by atoms with Crippen molar-refractivity contribution >= 4 is 18.7 Å². The predicted octanol–water partition coefficient (Wildman–Crippen LogP) is 5.62. The van der Waals surface area contributed by atoms with Crippen molar-refractivity contribution in [2.75, 3.05) is 13.2 Å². The van der Waals surface area contributed by atoms with Gasteiger partial charge in [-0.05, 0) is 45.3 Å². The molecule has 0 atom stereocenters. The van der Waals surface area contributed by atoms with Crippen molar-refractivity contribution in [1.29, 1.82) is 0 Å². The molecular formula is C29H34O2Si. The third kappa shape index (κ3) is 3.87. The molecular weight excluding hydrogens is 408 g/mol. The van der Waals surface area contributed by atoms with Crippen LogP contribution in [-0.2, 0) is 9.16 Å². The van der Waals surface area contributed by atoms with Gasteiger partial charge in [-0.15, -0.1) is 0 Å². The van der Waals surface area contributed by atoms with Gasteiger partial charge in [-0.2, -0.15) is 0 Å². The van der Waals surface area contributed by atoms with Crippen LogP contribution >= 0.6 is 0 Å². The highest BCUT2D eigenvalue weighted by Gasteiger charge is 2.52. The summed E-state index contributed by atoms with van der Waals surface area (Å²) in [7, 11) is -2.45. The summed E-state index contributed by atoms with van der Waals surface area (Å²) < 4.78 is 12.6. The molecule has 166 valence electrons. The number of hydrogen-bond donors (Lipinski definition) is 0. The van der Waals surface area contributed by atoms with E-state index in [2.05, 4.69) is 106 Å². The minimum atomic E-state index is -2.45. The fourth-order valence-electron chi connectivity index (χ4n) is 5.34. The summed E-state index contributed by atoms with van der Waals surface area (Å²) in [5.41, 5.74) is 2.87. The van der Waals surface area contributed by atoms with Gasteiger partial charge < -0.3 is 9.16 Å². The van der Waals surface area contributed by atoms with Crippen LogP contribution in [-0.4, -0.2) is 27.6 Å². The molecule has 1 saturated heterocycles. The van der Waals surface area contributed by atoms with Crippen molar-refractivity contribution in [2.24, 2.45) is 0 Å². The van der Waals surface area contributed by atoms with E-state index in [1.54, 1.807) is 0 Å². The summed E-state index contributed by atoms with van der Waals surface area (Å²) in [6.07, 6.45) is 2.53. The Hall–Kier alpha value is -2.20. The number of ether oxygens (including phenoxy) is 1. The molecule has 0 N–H and O–H groups in total. The molecule has 2 aliphatic rings. The standard InChI is InChI=1S/C29H34O2Si/c1-29(2,3)32(27-10-6-4-7-11-27,28-12-8-5-9-13-28)31-26-18-24(19-26)22-14-16-23(17-15-22)25-20-30-21-25/h4-17,24-26H,18-21H2,1-3H3. The number of rotatable bonds is 6. The molecule has 0 amide bonds. The summed E-state index contributed by atoms with van der Waals surface area (Å²) in [6.45, 7) is 8.82. The Kier molecular flexibility index (Phi) is 5.83. The second-order valence-corrected chi connectivity index (χ2v) is 14.7. The van der Waals surface area contributed by atoms with Gasteiger partial charge in [-0.3, -0.25) is 0 Å². The Labute approximate surface area is 193 Å². The largest absolute Gasteiger partial charge is 0.404 e.